The molecule has 25 heavy (non-hydrogen) atoms. The van der Waals surface area contributed by atoms with Crippen LogP contribution in [0.25, 0.3) is 0 Å². The van der Waals surface area contributed by atoms with E-state index in [2.05, 4.69) is 16.2 Å². The number of hydrogen-bond donors (Lipinski definition) is 0. The maximum Gasteiger partial charge on any atom is 0.254 e. The van der Waals surface area contributed by atoms with Gasteiger partial charge in [-0.15, -0.1) is 0 Å². The van der Waals surface area contributed by atoms with Gasteiger partial charge in [-0.3, -0.25) is 9.78 Å². The topological polar surface area (TPSA) is 68.5 Å². The standard InChI is InChI=1S/C19H25N3O3/c1-14-5-6-15(12-20-14)10-16-4-3-9-22(13-16)19(23)8-7-17-11-18(24-2)21-25-17/h5-6,11-12,16H,3-4,7-10,13H2,1-2H3/t16-/m0/s1. The normalized spacial score (nSPS) is 17.5. The van der Waals surface area contributed by atoms with Gasteiger partial charge in [-0.05, 0) is 48.9 Å². The van der Waals surface area contributed by atoms with E-state index in [1.807, 2.05) is 24.1 Å². The molecule has 0 radical (unpaired) electrons. The zero-order valence-electron chi connectivity index (χ0n) is 14.9. The molecule has 2 aromatic heterocycles. The van der Waals surface area contributed by atoms with Crippen LogP contribution in [-0.2, 0) is 17.6 Å². The Morgan fingerprint density at radius 3 is 3.04 bits per heavy atom. The number of amides is 1. The average Bonchev–Trinajstić information content (AvgIpc) is 3.10. The molecule has 2 aromatic rings. The van der Waals surface area contributed by atoms with Gasteiger partial charge in [0.05, 0.1) is 7.11 Å². The number of hydrogen-bond acceptors (Lipinski definition) is 5. The van der Waals surface area contributed by atoms with Gasteiger partial charge in [0, 0.05) is 43.9 Å². The first-order chi connectivity index (χ1) is 12.1. The lowest BCUT2D eigenvalue weighted by Crippen LogP contribution is -2.40. The minimum absolute atomic E-state index is 0.182. The molecule has 0 spiro atoms. The number of aromatic nitrogens is 2. The van der Waals surface area contributed by atoms with Gasteiger partial charge in [0.25, 0.3) is 5.88 Å². The Labute approximate surface area is 148 Å². The van der Waals surface area contributed by atoms with Gasteiger partial charge >= 0.3 is 0 Å². The van der Waals surface area contributed by atoms with Crippen molar-refractivity contribution in [2.24, 2.45) is 5.92 Å². The summed E-state index contributed by atoms with van der Waals surface area (Å²) in [5.74, 6) is 1.83. The molecule has 0 bridgehead atoms. The predicted molar refractivity (Wildman–Crippen MR) is 93.4 cm³/mol. The van der Waals surface area contributed by atoms with Crippen molar-refractivity contribution >= 4 is 5.91 Å². The van der Waals surface area contributed by atoms with Crippen molar-refractivity contribution in [1.82, 2.24) is 15.0 Å². The summed E-state index contributed by atoms with van der Waals surface area (Å²) in [6.07, 6.45) is 6.15. The van der Waals surface area contributed by atoms with Crippen LogP contribution in [-0.4, -0.2) is 41.1 Å². The summed E-state index contributed by atoms with van der Waals surface area (Å²) in [6.45, 7) is 3.67. The van der Waals surface area contributed by atoms with Gasteiger partial charge in [0.2, 0.25) is 5.91 Å². The van der Waals surface area contributed by atoms with E-state index < -0.39 is 0 Å². The first kappa shape index (κ1) is 17.5. The Kier molecular flexibility index (Phi) is 5.68. The number of methoxy groups -OCH3 is 1. The summed E-state index contributed by atoms with van der Waals surface area (Å²) in [4.78, 5) is 18.9. The average molecular weight is 343 g/mol. The Bertz CT molecular complexity index is 696. The van der Waals surface area contributed by atoms with Crippen molar-refractivity contribution in [3.63, 3.8) is 0 Å². The van der Waals surface area contributed by atoms with E-state index in [1.165, 1.54) is 5.56 Å². The smallest absolute Gasteiger partial charge is 0.254 e. The highest BCUT2D eigenvalue weighted by Gasteiger charge is 2.24. The van der Waals surface area contributed by atoms with Gasteiger partial charge in [-0.25, -0.2) is 0 Å². The van der Waals surface area contributed by atoms with Gasteiger partial charge < -0.3 is 14.2 Å². The number of pyridine rings is 1. The van der Waals surface area contributed by atoms with Crippen LogP contribution < -0.4 is 4.74 Å². The van der Waals surface area contributed by atoms with Crippen LogP contribution in [0.3, 0.4) is 0 Å². The molecule has 0 aromatic carbocycles. The van der Waals surface area contributed by atoms with Crippen LogP contribution >= 0.6 is 0 Å². The number of nitrogens with zero attached hydrogens (tertiary/aromatic N) is 3. The van der Waals surface area contributed by atoms with Crippen molar-refractivity contribution < 1.29 is 14.1 Å². The van der Waals surface area contributed by atoms with E-state index in [0.717, 1.165) is 38.0 Å². The molecule has 3 heterocycles. The molecular formula is C19H25N3O3. The summed E-state index contributed by atoms with van der Waals surface area (Å²) in [6, 6.07) is 5.92. The van der Waals surface area contributed by atoms with Crippen LogP contribution in [0, 0.1) is 12.8 Å². The number of ether oxygens (including phenoxy) is 1. The Morgan fingerprint density at radius 1 is 1.44 bits per heavy atom. The van der Waals surface area contributed by atoms with E-state index in [1.54, 1.807) is 13.2 Å². The number of carbonyl (C=O) groups excluding carboxylic acids is 1. The lowest BCUT2D eigenvalue weighted by molar-refractivity contribution is -0.133. The molecule has 134 valence electrons. The molecule has 1 fully saturated rings. The second kappa shape index (κ2) is 8.14. The van der Waals surface area contributed by atoms with Crippen molar-refractivity contribution in [3.8, 4) is 5.88 Å². The first-order valence-corrected chi connectivity index (χ1v) is 8.83. The summed E-state index contributed by atoms with van der Waals surface area (Å²) < 4.78 is 10.1. The molecule has 1 amide bonds. The molecule has 3 rings (SSSR count). The van der Waals surface area contributed by atoms with E-state index in [-0.39, 0.29) is 5.91 Å². The van der Waals surface area contributed by atoms with E-state index in [9.17, 15) is 4.79 Å². The highest BCUT2D eigenvalue weighted by molar-refractivity contribution is 5.76. The number of aryl methyl sites for hydroxylation is 2. The molecule has 1 aliphatic rings. The van der Waals surface area contributed by atoms with Crippen LogP contribution in [0.1, 0.15) is 36.3 Å². The van der Waals surface area contributed by atoms with Gasteiger partial charge in [-0.2, -0.15) is 0 Å². The molecule has 0 unspecified atom stereocenters. The minimum atomic E-state index is 0.182. The highest BCUT2D eigenvalue weighted by Crippen LogP contribution is 2.22. The molecule has 6 heteroatoms. The first-order valence-electron chi connectivity index (χ1n) is 8.83. The van der Waals surface area contributed by atoms with Crippen LogP contribution in [0.5, 0.6) is 5.88 Å². The molecule has 1 aliphatic heterocycles. The van der Waals surface area contributed by atoms with Crippen molar-refractivity contribution in [2.75, 3.05) is 20.2 Å². The lowest BCUT2D eigenvalue weighted by atomic mass is 9.91. The van der Waals surface area contributed by atoms with Gasteiger partial charge in [0.1, 0.15) is 5.76 Å². The fourth-order valence-electron chi connectivity index (χ4n) is 3.31. The number of piperidine rings is 1. The van der Waals surface area contributed by atoms with E-state index >= 15 is 0 Å². The second-order valence-corrected chi connectivity index (χ2v) is 6.70. The molecule has 1 saturated heterocycles. The zero-order valence-corrected chi connectivity index (χ0v) is 14.9. The predicted octanol–water partition coefficient (Wildman–Crippen LogP) is 2.80. The molecule has 0 N–H and O–H groups in total. The third-order valence-corrected chi connectivity index (χ3v) is 4.70. The fraction of sp³-hybridized carbons (Fsp3) is 0.526. The fourth-order valence-corrected chi connectivity index (χ4v) is 3.31. The van der Waals surface area contributed by atoms with E-state index in [0.29, 0.717) is 30.4 Å². The molecule has 0 aliphatic carbocycles. The van der Waals surface area contributed by atoms with E-state index in [4.69, 9.17) is 9.26 Å². The zero-order chi connectivity index (χ0) is 17.6. The third-order valence-electron chi connectivity index (χ3n) is 4.70. The van der Waals surface area contributed by atoms with Gasteiger partial charge in [0.15, 0.2) is 0 Å². The SMILES string of the molecule is COc1cc(CCC(=O)N2CCC[C@@H](Cc3ccc(C)nc3)C2)on1. The lowest BCUT2D eigenvalue weighted by Gasteiger charge is -2.33. The molecule has 1 atom stereocenters. The second-order valence-electron chi connectivity index (χ2n) is 6.70. The number of likely N-dealkylation sites (tertiary alicyclic amines) is 1. The summed E-state index contributed by atoms with van der Waals surface area (Å²) in [5, 5.41) is 3.76. The summed E-state index contributed by atoms with van der Waals surface area (Å²) in [7, 11) is 1.55. The van der Waals surface area contributed by atoms with Crippen LogP contribution in [0.15, 0.2) is 28.9 Å². The third kappa shape index (κ3) is 4.81. The van der Waals surface area contributed by atoms with Crippen molar-refractivity contribution in [3.05, 3.63) is 41.4 Å². The monoisotopic (exact) mass is 343 g/mol. The highest BCUT2D eigenvalue weighted by atomic mass is 16.5. The van der Waals surface area contributed by atoms with Crippen molar-refractivity contribution in [1.29, 1.82) is 0 Å². The maximum atomic E-state index is 12.5. The Balaban J connectivity index is 1.49. The van der Waals surface area contributed by atoms with Crippen LogP contribution in [0.2, 0.25) is 0 Å². The number of rotatable bonds is 6. The van der Waals surface area contributed by atoms with Gasteiger partial charge in [-0.1, -0.05) is 6.07 Å². The Hall–Kier alpha value is -2.37. The molecule has 6 nitrogen and oxygen atoms in total. The van der Waals surface area contributed by atoms with Crippen LogP contribution in [0.4, 0.5) is 0 Å². The summed E-state index contributed by atoms with van der Waals surface area (Å²) in [5.41, 5.74) is 2.28. The van der Waals surface area contributed by atoms with Crippen molar-refractivity contribution in [2.45, 2.75) is 39.0 Å². The number of carbonyl (C=O) groups is 1. The minimum Gasteiger partial charge on any atom is -0.479 e. The summed E-state index contributed by atoms with van der Waals surface area (Å²) >= 11 is 0. The molecular weight excluding hydrogens is 318 g/mol. The quantitative estimate of drug-likeness (QED) is 0.807. The maximum absolute atomic E-state index is 12.5. The largest absolute Gasteiger partial charge is 0.479 e. The molecule has 0 saturated carbocycles. The Morgan fingerprint density at radius 2 is 2.32 bits per heavy atom.